The molecular weight excluding hydrogens is 241 g/mol. The highest BCUT2D eigenvalue weighted by molar-refractivity contribution is 5.80. The number of aromatic nitrogens is 4. The van der Waals surface area contributed by atoms with Gasteiger partial charge in [-0.15, -0.1) is 0 Å². The van der Waals surface area contributed by atoms with Crippen LogP contribution in [-0.4, -0.2) is 25.1 Å². The first-order valence-corrected chi connectivity index (χ1v) is 4.99. The Morgan fingerprint density at radius 1 is 1.39 bits per heavy atom. The van der Waals surface area contributed by atoms with Gasteiger partial charge in [0.2, 0.25) is 5.69 Å². The lowest BCUT2D eigenvalue weighted by Crippen LogP contribution is -1.90. The highest BCUT2D eigenvalue weighted by Crippen LogP contribution is 2.26. The minimum absolute atomic E-state index is 0.0941. The number of rotatable bonds is 2. The maximum absolute atomic E-state index is 13.0. The molecule has 7 nitrogen and oxygen atoms in total. The Hall–Kier alpha value is -2.77. The minimum Gasteiger partial charge on any atom is -0.336 e. The maximum Gasteiger partial charge on any atom is 0.317 e. The van der Waals surface area contributed by atoms with Gasteiger partial charge in [0.05, 0.1) is 16.0 Å². The molecule has 2 N–H and O–H groups in total. The Balaban J connectivity index is 2.19. The fourth-order valence-corrected chi connectivity index (χ4v) is 1.69. The number of hydrogen-bond donors (Lipinski definition) is 2. The van der Waals surface area contributed by atoms with Crippen molar-refractivity contribution < 1.29 is 9.31 Å². The highest BCUT2D eigenvalue weighted by atomic mass is 19.1. The molecule has 0 fully saturated rings. The van der Waals surface area contributed by atoms with Gasteiger partial charge in [0.15, 0.2) is 5.82 Å². The number of halogens is 1. The Morgan fingerprint density at radius 3 is 3.00 bits per heavy atom. The predicted octanol–water partition coefficient (Wildman–Crippen LogP) is 2.00. The van der Waals surface area contributed by atoms with Crippen molar-refractivity contribution in [2.45, 2.75) is 0 Å². The van der Waals surface area contributed by atoms with Gasteiger partial charge in [-0.2, -0.15) is 5.10 Å². The van der Waals surface area contributed by atoms with Crippen molar-refractivity contribution in [2.75, 3.05) is 0 Å². The molecule has 18 heavy (non-hydrogen) atoms. The first-order chi connectivity index (χ1) is 8.65. The third-order valence-electron chi connectivity index (χ3n) is 2.49. The second-order valence-corrected chi connectivity index (χ2v) is 3.62. The van der Waals surface area contributed by atoms with E-state index in [1.807, 2.05) is 0 Å². The van der Waals surface area contributed by atoms with Crippen molar-refractivity contribution in [3.05, 3.63) is 40.3 Å². The normalized spacial score (nSPS) is 10.9. The van der Waals surface area contributed by atoms with Gasteiger partial charge in [0.25, 0.3) is 0 Å². The highest BCUT2D eigenvalue weighted by Gasteiger charge is 2.21. The van der Waals surface area contributed by atoms with E-state index < -0.39 is 10.7 Å². The minimum atomic E-state index is -0.563. The van der Waals surface area contributed by atoms with Crippen LogP contribution in [0.4, 0.5) is 10.1 Å². The van der Waals surface area contributed by atoms with Crippen LogP contribution in [0.15, 0.2) is 24.4 Å². The average Bonchev–Trinajstić information content (AvgIpc) is 2.93. The summed E-state index contributed by atoms with van der Waals surface area (Å²) < 4.78 is 13.0. The number of aromatic amines is 2. The van der Waals surface area contributed by atoms with Crippen LogP contribution in [0.1, 0.15) is 0 Å². The first kappa shape index (κ1) is 10.4. The summed E-state index contributed by atoms with van der Waals surface area (Å²) in [7, 11) is 0. The zero-order valence-electron chi connectivity index (χ0n) is 8.85. The summed E-state index contributed by atoms with van der Waals surface area (Å²) in [4.78, 5) is 17.1. The molecule has 2 aromatic heterocycles. The number of nitrogens with one attached hydrogen (secondary N) is 2. The lowest BCUT2D eigenvalue weighted by molar-refractivity contribution is -0.384. The number of H-pyrrole nitrogens is 2. The van der Waals surface area contributed by atoms with Gasteiger partial charge >= 0.3 is 5.69 Å². The summed E-state index contributed by atoms with van der Waals surface area (Å²) in [6.45, 7) is 0. The zero-order chi connectivity index (χ0) is 12.7. The molecule has 0 aliphatic heterocycles. The molecule has 0 aliphatic carbocycles. The summed E-state index contributed by atoms with van der Waals surface area (Å²) in [5, 5.41) is 16.9. The van der Waals surface area contributed by atoms with E-state index in [9.17, 15) is 14.5 Å². The molecule has 0 saturated carbocycles. The number of imidazole rings is 1. The summed E-state index contributed by atoms with van der Waals surface area (Å²) in [5.41, 5.74) is 0.886. The molecule has 0 bridgehead atoms. The monoisotopic (exact) mass is 247 g/mol. The standard InChI is InChI=1S/C10H6FN5O2/c11-5-1-2-6-7(3-5)14-10(13-6)9-8(16(17)18)4-12-15-9/h1-4H,(H,12,15)(H,13,14). The van der Waals surface area contributed by atoms with Crippen LogP contribution in [0, 0.1) is 15.9 Å². The first-order valence-electron chi connectivity index (χ1n) is 4.99. The zero-order valence-corrected chi connectivity index (χ0v) is 8.85. The van der Waals surface area contributed by atoms with Gasteiger partial charge in [0.1, 0.15) is 12.0 Å². The molecule has 1 aromatic carbocycles. The SMILES string of the molecule is O=[N+]([O-])c1c[nH]nc1-c1nc2cc(F)ccc2[nH]1. The van der Waals surface area contributed by atoms with Gasteiger partial charge in [-0.1, -0.05) is 0 Å². The van der Waals surface area contributed by atoms with Gasteiger partial charge in [-0.25, -0.2) is 9.37 Å². The Bertz CT molecular complexity index is 748. The second-order valence-electron chi connectivity index (χ2n) is 3.62. The van der Waals surface area contributed by atoms with Crippen molar-refractivity contribution in [1.82, 2.24) is 20.2 Å². The van der Waals surface area contributed by atoms with E-state index in [1.54, 1.807) is 0 Å². The number of hydrogen-bond acceptors (Lipinski definition) is 4. The average molecular weight is 247 g/mol. The van der Waals surface area contributed by atoms with Crippen molar-refractivity contribution in [1.29, 1.82) is 0 Å². The van der Waals surface area contributed by atoms with E-state index in [4.69, 9.17) is 0 Å². The Kier molecular flexibility index (Phi) is 2.09. The number of nitrogens with zero attached hydrogens (tertiary/aromatic N) is 3. The van der Waals surface area contributed by atoms with Gasteiger partial charge in [-0.05, 0) is 12.1 Å². The summed E-state index contributed by atoms with van der Waals surface area (Å²) in [6.07, 6.45) is 1.17. The smallest absolute Gasteiger partial charge is 0.317 e. The molecule has 0 atom stereocenters. The lowest BCUT2D eigenvalue weighted by atomic mass is 10.3. The van der Waals surface area contributed by atoms with Crippen LogP contribution in [0.5, 0.6) is 0 Å². The largest absolute Gasteiger partial charge is 0.336 e. The number of nitro groups is 1. The van der Waals surface area contributed by atoms with Gasteiger partial charge < -0.3 is 4.98 Å². The van der Waals surface area contributed by atoms with Crippen LogP contribution < -0.4 is 0 Å². The predicted molar refractivity (Wildman–Crippen MR) is 60.3 cm³/mol. The van der Waals surface area contributed by atoms with Crippen molar-refractivity contribution >= 4 is 16.7 Å². The molecule has 90 valence electrons. The Labute approximate surface area is 98.8 Å². The van der Waals surface area contributed by atoms with Crippen LogP contribution in [0.3, 0.4) is 0 Å². The fraction of sp³-hybridized carbons (Fsp3) is 0. The van der Waals surface area contributed by atoms with E-state index >= 15 is 0 Å². The van der Waals surface area contributed by atoms with Crippen LogP contribution in [0.2, 0.25) is 0 Å². The fourth-order valence-electron chi connectivity index (χ4n) is 1.69. The molecule has 8 heteroatoms. The van der Waals surface area contributed by atoms with Crippen molar-refractivity contribution in [3.8, 4) is 11.5 Å². The molecule has 0 saturated heterocycles. The Morgan fingerprint density at radius 2 is 2.22 bits per heavy atom. The van der Waals surface area contributed by atoms with E-state index in [-0.39, 0.29) is 17.2 Å². The lowest BCUT2D eigenvalue weighted by Gasteiger charge is -1.89. The molecule has 0 unspecified atom stereocenters. The summed E-state index contributed by atoms with van der Waals surface area (Å²) >= 11 is 0. The van der Waals surface area contributed by atoms with Crippen LogP contribution in [-0.2, 0) is 0 Å². The molecule has 0 radical (unpaired) electrons. The van der Waals surface area contributed by atoms with E-state index in [2.05, 4.69) is 20.2 Å². The molecule has 0 aliphatic rings. The van der Waals surface area contributed by atoms with Crippen molar-refractivity contribution in [3.63, 3.8) is 0 Å². The summed E-state index contributed by atoms with van der Waals surface area (Å²) in [5.74, 6) is -0.194. The third-order valence-corrected chi connectivity index (χ3v) is 2.49. The van der Waals surface area contributed by atoms with E-state index in [1.165, 1.54) is 24.4 Å². The maximum atomic E-state index is 13.0. The van der Waals surface area contributed by atoms with Crippen LogP contribution in [0.25, 0.3) is 22.6 Å². The third kappa shape index (κ3) is 1.51. The van der Waals surface area contributed by atoms with Gasteiger partial charge in [-0.3, -0.25) is 15.2 Å². The van der Waals surface area contributed by atoms with Gasteiger partial charge in [0, 0.05) is 6.07 Å². The summed E-state index contributed by atoms with van der Waals surface area (Å²) in [6, 6.07) is 4.04. The second kappa shape index (κ2) is 3.62. The quantitative estimate of drug-likeness (QED) is 0.534. The topological polar surface area (TPSA) is 100 Å². The number of fused-ring (bicyclic) bond motifs is 1. The molecule has 0 spiro atoms. The molecular formula is C10H6FN5O2. The van der Waals surface area contributed by atoms with E-state index in [0.717, 1.165) is 0 Å². The number of benzene rings is 1. The van der Waals surface area contributed by atoms with Crippen molar-refractivity contribution in [2.24, 2.45) is 0 Å². The molecule has 0 amide bonds. The van der Waals surface area contributed by atoms with E-state index in [0.29, 0.717) is 11.0 Å². The molecule has 2 heterocycles. The molecule has 3 rings (SSSR count). The molecule has 3 aromatic rings. The van der Waals surface area contributed by atoms with Crippen LogP contribution >= 0.6 is 0 Å².